The van der Waals surface area contributed by atoms with Gasteiger partial charge in [0.05, 0.1) is 166 Å². The van der Waals surface area contributed by atoms with Gasteiger partial charge in [0.15, 0.2) is 0 Å². The first-order valence-corrected chi connectivity index (χ1v) is 33.1. The van der Waals surface area contributed by atoms with Crippen molar-refractivity contribution in [3.8, 4) is 11.8 Å². The van der Waals surface area contributed by atoms with Gasteiger partial charge in [-0.25, -0.2) is 34.3 Å². The molecule has 0 fully saturated rings. The molecule has 0 aliphatic heterocycles. The first-order chi connectivity index (χ1) is 51.4. The Hall–Kier alpha value is -6.88. The Morgan fingerprint density at radius 2 is 0.736 bits per heavy atom. The number of aromatic nitrogens is 8. The molecule has 0 saturated heterocycles. The Morgan fingerprint density at radius 3 is 1.04 bits per heavy atom. The van der Waals surface area contributed by atoms with Gasteiger partial charge in [-0.05, 0) is 13.8 Å². The van der Waals surface area contributed by atoms with Crippen LogP contribution in [0, 0.1) is 11.8 Å². The molecule has 0 spiro atoms. The molecule has 0 aromatic carbocycles. The smallest absolute Gasteiger partial charge is 0.329 e. The maximum atomic E-state index is 12.7. The number of carboxylic acid groups (broad SMARTS) is 1. The van der Waals surface area contributed by atoms with E-state index in [0.29, 0.717) is 117 Å². The lowest BCUT2D eigenvalue weighted by atomic mass is 10.1. The number of nitrogens with one attached hydrogen (secondary N) is 5. The number of hydrogen-bond acceptors (Lipinski definition) is 32. The summed E-state index contributed by atoms with van der Waals surface area (Å²) in [5.41, 5.74) is 8.63. The van der Waals surface area contributed by atoms with E-state index >= 15 is 0 Å². The van der Waals surface area contributed by atoms with Crippen LogP contribution < -0.4 is 11.1 Å². The number of aliphatic carboxylic acids is 1. The number of hydrogen-bond donors (Lipinski definition) is 7. The summed E-state index contributed by atoms with van der Waals surface area (Å²) in [6.45, 7) is 11.2. The monoisotopic (exact) mass is 1660 g/mol. The summed E-state index contributed by atoms with van der Waals surface area (Å²) < 4.78 is 88.9. The fourth-order valence-corrected chi connectivity index (χ4v) is 7.61. The number of nitrogens with two attached hydrogens (primary N) is 1. The number of esters is 4. The highest BCUT2D eigenvalue weighted by Gasteiger charge is 2.33. The second kappa shape index (κ2) is 86.1. The van der Waals surface area contributed by atoms with E-state index in [1.165, 1.54) is 58.0 Å². The van der Waals surface area contributed by atoms with Crippen LogP contribution in [0.2, 0.25) is 0 Å². The number of nitrogens with zero attached hydrogens (tertiary/aromatic N) is 6. The number of ether oxygens (including phenoxy) is 18. The van der Waals surface area contributed by atoms with Gasteiger partial charge >= 0.3 is 29.8 Å². The van der Waals surface area contributed by atoms with Gasteiger partial charge in [0.25, 0.3) is 0 Å². The van der Waals surface area contributed by atoms with Crippen molar-refractivity contribution in [2.24, 2.45) is 5.73 Å². The normalized spacial score (nSPS) is 10.9. The molecule has 2 amide bonds. The summed E-state index contributed by atoms with van der Waals surface area (Å²) in [7, 11) is 16.3. The molecule has 0 saturated carbocycles. The molecule has 4 aromatic heterocycles. The van der Waals surface area contributed by atoms with Crippen LogP contribution in [0.1, 0.15) is 36.6 Å². The molecule has 0 bridgehead atoms. The van der Waals surface area contributed by atoms with Crippen LogP contribution in [-0.4, -0.2) is 363 Å². The van der Waals surface area contributed by atoms with Crippen LogP contribution in [0.15, 0.2) is 50.1 Å². The average Bonchev–Trinajstić information content (AvgIpc) is 1.32. The molecule has 110 heavy (non-hydrogen) atoms. The van der Waals surface area contributed by atoms with E-state index in [9.17, 15) is 38.4 Å². The topological polar surface area (TPSA) is 482 Å². The second-order valence-corrected chi connectivity index (χ2v) is 20.6. The quantitative estimate of drug-likeness (QED) is 0.00968. The molecular weight excluding hydrogens is 1530 g/mol. The highest BCUT2D eigenvalue weighted by atomic mass is 32.1. The number of carbonyl (C=O) groups excluding carboxylic acids is 7. The Balaban J connectivity index is -0.000000239. The lowest BCUT2D eigenvalue weighted by molar-refractivity contribution is -0.155. The van der Waals surface area contributed by atoms with E-state index in [1.807, 2.05) is 13.8 Å². The van der Waals surface area contributed by atoms with Crippen molar-refractivity contribution in [1.82, 2.24) is 55.0 Å². The zero-order valence-corrected chi connectivity index (χ0v) is 69.6. The Kier molecular flexibility index (Phi) is 91.1. The van der Waals surface area contributed by atoms with Crippen LogP contribution in [-0.2, 0) is 149 Å². The van der Waals surface area contributed by atoms with E-state index in [1.54, 1.807) is 80.1 Å². The molecule has 0 radical (unpaired) electrons. The zero-order chi connectivity index (χ0) is 79.5. The first-order valence-electron chi connectivity index (χ1n) is 33.1. The summed E-state index contributed by atoms with van der Waals surface area (Å²) >= 11 is 0. The van der Waals surface area contributed by atoms with Crippen molar-refractivity contribution in [3.05, 3.63) is 72.9 Å². The van der Waals surface area contributed by atoms with Crippen molar-refractivity contribution in [2.45, 2.75) is 63.7 Å². The number of carboxylic acids is 1. The standard InChI is InChI=1S/2C17H29N3O7.C12H21N3O4.C7H11N3O2.C5H10O4.C5H10O3.C4H6.4H2S/c2*1-23-6-8-26-5-4-20(16(21)12-27-9-7-24-2)15(17(22)25-3)10-14-11-18-13-19-14;1-17-5-6-19-4-3-14-11(12(16)18-2)7-10-8-13-9-15-10;1-12-7(11)6(8)2-5-3-9-4-10-5;1-8-2-3-9-4-5(6)7;1-7-4-5-8-3-2-6;1-3-4-2;;;;/h2*11,13,15H,4-10,12H2,1-3H3,(H,18,19);8-9,11,14H,3-7H2,1-2H3,(H,13,15);3-4,6H,2,8H2,1H3,(H,9,10);2-4H2,1H3,(H,6,7);2H,3-5H2,1H3;1-2H3;4*1H2/t2*15-;11-;6-;;;;;;;/m0000......./s1. The van der Waals surface area contributed by atoms with E-state index in [0.717, 1.165) is 17.7 Å². The maximum Gasteiger partial charge on any atom is 0.329 e. The maximum absolute atomic E-state index is 12.7. The summed E-state index contributed by atoms with van der Waals surface area (Å²) in [4.78, 5) is 122. The van der Waals surface area contributed by atoms with Gasteiger partial charge in [0.1, 0.15) is 56.9 Å². The molecule has 638 valence electrons. The van der Waals surface area contributed by atoms with Gasteiger partial charge in [-0.15, -0.1) is 11.8 Å². The molecule has 43 heteroatoms. The average molecular weight is 1660 g/mol. The van der Waals surface area contributed by atoms with Crippen LogP contribution in [0.4, 0.5) is 0 Å². The largest absolute Gasteiger partial charge is 0.480 e. The Morgan fingerprint density at radius 1 is 0.427 bits per heavy atom. The van der Waals surface area contributed by atoms with Gasteiger partial charge in [-0.1, -0.05) is 0 Å². The number of amides is 2. The van der Waals surface area contributed by atoms with E-state index in [2.05, 4.69) is 76.0 Å². The fraction of sp³-hybridized carbons (Fsp3) is 0.672. The molecule has 39 nitrogen and oxygen atoms in total. The van der Waals surface area contributed by atoms with Crippen molar-refractivity contribution in [1.29, 1.82) is 0 Å². The van der Waals surface area contributed by atoms with Gasteiger partial charge in [0.2, 0.25) is 11.8 Å². The molecular formula is C67H124N12O27S4. The summed E-state index contributed by atoms with van der Waals surface area (Å²) in [6.07, 6.45) is 14.8. The van der Waals surface area contributed by atoms with Gasteiger partial charge in [0, 0.05) is 143 Å². The molecule has 4 aromatic rings. The van der Waals surface area contributed by atoms with E-state index in [4.69, 9.17) is 77.2 Å². The molecule has 4 atom stereocenters. The molecule has 0 aliphatic carbocycles. The van der Waals surface area contributed by atoms with Crippen LogP contribution >= 0.6 is 54.0 Å². The number of aromatic amines is 4. The van der Waals surface area contributed by atoms with Crippen LogP contribution in [0.25, 0.3) is 0 Å². The van der Waals surface area contributed by atoms with Crippen molar-refractivity contribution in [2.75, 3.05) is 237 Å². The van der Waals surface area contributed by atoms with E-state index in [-0.39, 0.29) is 151 Å². The predicted octanol–water partition coefficient (Wildman–Crippen LogP) is -0.441. The third kappa shape index (κ3) is 66.9. The van der Waals surface area contributed by atoms with Gasteiger partial charge in [-0.2, -0.15) is 54.0 Å². The number of H-pyrrole nitrogens is 4. The van der Waals surface area contributed by atoms with Crippen molar-refractivity contribution >= 4 is 102 Å². The minimum atomic E-state index is -0.953. The van der Waals surface area contributed by atoms with Crippen molar-refractivity contribution < 1.29 is 129 Å². The Labute approximate surface area is 673 Å². The first kappa shape index (κ1) is 116. The summed E-state index contributed by atoms with van der Waals surface area (Å²) in [5, 5.41) is 11.1. The number of imidazole rings is 4. The van der Waals surface area contributed by atoms with Crippen molar-refractivity contribution in [3.63, 3.8) is 0 Å². The van der Waals surface area contributed by atoms with Gasteiger partial charge in [-0.3, -0.25) is 19.2 Å². The summed E-state index contributed by atoms with van der Waals surface area (Å²) in [6, 6.07) is -2.66. The molecule has 0 aliphatic rings. The molecule has 4 rings (SSSR count). The number of methoxy groups -OCH3 is 11. The third-order valence-corrected chi connectivity index (χ3v) is 13.0. The summed E-state index contributed by atoms with van der Waals surface area (Å²) in [5.74, 6) is 1.98. The SMILES string of the molecule is CC#CC.COC(=O)[C@@H](N)Cc1cnc[nH]1.COCCOCC(=O)O.COCCOCC=O.COCCOCCN(C(=O)COCCOC)[C@@H](Cc1cnc[nH]1)C(=O)OC.COCCOCCN(C(=O)COCCOC)[C@@H](Cc1cnc[nH]1)C(=O)OC.COCCOCCN[C@@H](Cc1cnc[nH]1)C(=O)OC.S.S.S.S. The molecule has 4 heterocycles. The van der Waals surface area contributed by atoms with Crippen LogP contribution in [0.3, 0.4) is 0 Å². The number of rotatable bonds is 53. The minimum absolute atomic E-state index is 0. The molecule has 0 unspecified atom stereocenters. The fourth-order valence-electron chi connectivity index (χ4n) is 7.61. The lowest BCUT2D eigenvalue weighted by Crippen LogP contribution is -2.49. The van der Waals surface area contributed by atoms with E-state index < -0.39 is 48.0 Å². The number of aldehydes is 1. The number of carbonyl (C=O) groups is 8. The molecule has 8 N–H and O–H groups in total. The zero-order valence-electron chi connectivity index (χ0n) is 65.6. The second-order valence-electron chi connectivity index (χ2n) is 20.6. The Bertz CT molecular complexity index is 2670. The highest BCUT2D eigenvalue weighted by Crippen LogP contribution is 2.13. The third-order valence-electron chi connectivity index (χ3n) is 13.0. The predicted molar refractivity (Wildman–Crippen MR) is 421 cm³/mol. The minimum Gasteiger partial charge on any atom is -0.480 e. The van der Waals surface area contributed by atoms with Gasteiger partial charge < -0.3 is 136 Å². The lowest BCUT2D eigenvalue weighted by Gasteiger charge is -2.29. The highest BCUT2D eigenvalue weighted by molar-refractivity contribution is 7.59. The van der Waals surface area contributed by atoms with Crippen LogP contribution in [0.5, 0.6) is 0 Å².